The number of aliphatic imine (C=N–C) groups is 2. The number of aromatic amines is 1. The van der Waals surface area contributed by atoms with Crippen LogP contribution in [0.5, 0.6) is 0 Å². The van der Waals surface area contributed by atoms with Crippen molar-refractivity contribution < 1.29 is 0 Å². The molecule has 1 heterocycles. The highest BCUT2D eigenvalue weighted by molar-refractivity contribution is 5.66. The van der Waals surface area contributed by atoms with Crippen LogP contribution in [0.2, 0.25) is 0 Å². The van der Waals surface area contributed by atoms with Crippen LogP contribution in [-0.4, -0.2) is 22.9 Å². The van der Waals surface area contributed by atoms with Crippen LogP contribution in [0.25, 0.3) is 0 Å². The van der Waals surface area contributed by atoms with E-state index in [4.69, 9.17) is 0 Å². The Bertz CT molecular complexity index is 298. The lowest BCUT2D eigenvalue weighted by Gasteiger charge is -1.86. The zero-order valence-electron chi connectivity index (χ0n) is 7.33. The molecule has 1 rings (SSSR count). The Morgan fingerprint density at radius 3 is 3.00 bits per heavy atom. The molecule has 0 fully saturated rings. The van der Waals surface area contributed by atoms with Crippen molar-refractivity contribution in [2.75, 3.05) is 0 Å². The van der Waals surface area contributed by atoms with E-state index in [0.717, 1.165) is 12.2 Å². The second-order valence-electron chi connectivity index (χ2n) is 2.37. The fraction of sp³-hybridized carbons (Fsp3) is 0.375. The molecule has 0 aliphatic rings. The van der Waals surface area contributed by atoms with E-state index in [1.165, 1.54) is 0 Å². The Hall–Kier alpha value is -1.45. The van der Waals surface area contributed by atoms with Gasteiger partial charge in [-0.3, -0.25) is 0 Å². The van der Waals surface area contributed by atoms with Crippen LogP contribution in [0, 0.1) is 6.92 Å². The number of aryl methyl sites for hydroxylation is 1. The fourth-order valence-electron chi connectivity index (χ4n) is 0.850. The average molecular weight is 164 g/mol. The molecule has 12 heavy (non-hydrogen) atoms. The smallest absolute Gasteiger partial charge is 0.196 e. The predicted molar refractivity (Wildman–Crippen MR) is 51.0 cm³/mol. The van der Waals surface area contributed by atoms with E-state index in [1.54, 1.807) is 0 Å². The van der Waals surface area contributed by atoms with E-state index in [9.17, 15) is 0 Å². The lowest BCUT2D eigenvalue weighted by atomic mass is 10.5. The molecule has 1 aromatic rings. The number of H-pyrrole nitrogens is 1. The maximum absolute atomic E-state index is 4.14. The summed E-state index contributed by atoms with van der Waals surface area (Å²) in [5, 5.41) is 0. The molecule has 1 aromatic heterocycles. The minimum Gasteiger partial charge on any atom is -0.325 e. The van der Waals surface area contributed by atoms with Crippen LogP contribution < -0.4 is 0 Å². The van der Waals surface area contributed by atoms with Crippen molar-refractivity contribution in [3.63, 3.8) is 0 Å². The highest BCUT2D eigenvalue weighted by Crippen LogP contribution is 2.23. The van der Waals surface area contributed by atoms with Gasteiger partial charge in [0.15, 0.2) is 11.6 Å². The van der Waals surface area contributed by atoms with E-state index in [0.29, 0.717) is 11.6 Å². The quantitative estimate of drug-likeness (QED) is 0.684. The van der Waals surface area contributed by atoms with Crippen LogP contribution in [0.3, 0.4) is 0 Å². The summed E-state index contributed by atoms with van der Waals surface area (Å²) in [4.78, 5) is 14.9. The molecule has 64 valence electrons. The zero-order valence-corrected chi connectivity index (χ0v) is 7.33. The topological polar surface area (TPSA) is 53.4 Å². The molecule has 0 amide bonds. The first-order valence-electron chi connectivity index (χ1n) is 3.83. The molecule has 0 aliphatic heterocycles. The molecule has 0 bridgehead atoms. The maximum Gasteiger partial charge on any atom is 0.196 e. The summed E-state index contributed by atoms with van der Waals surface area (Å²) in [6.45, 7) is 7.29. The number of nitrogens with one attached hydrogen (secondary N) is 1. The summed E-state index contributed by atoms with van der Waals surface area (Å²) in [6, 6.07) is 0. The minimum absolute atomic E-state index is 0.567. The van der Waals surface area contributed by atoms with Crippen LogP contribution in [-0.2, 0) is 0 Å². The summed E-state index contributed by atoms with van der Waals surface area (Å²) < 4.78 is 0. The van der Waals surface area contributed by atoms with Crippen molar-refractivity contribution in [2.45, 2.75) is 20.3 Å². The van der Waals surface area contributed by atoms with Gasteiger partial charge in [0.1, 0.15) is 5.82 Å². The molecular formula is C8H12N4. The summed E-state index contributed by atoms with van der Waals surface area (Å²) in [5.41, 5.74) is 0. The van der Waals surface area contributed by atoms with Gasteiger partial charge in [0.05, 0.1) is 0 Å². The molecule has 1 N–H and O–H groups in total. The molecule has 0 atom stereocenters. The van der Waals surface area contributed by atoms with Gasteiger partial charge in [0.25, 0.3) is 0 Å². The average Bonchev–Trinajstić information content (AvgIpc) is 2.42. The Labute approximate surface area is 71.5 Å². The SMILES string of the molecule is C=Nc1nc(C)[nH]c1N=CCC. The Morgan fingerprint density at radius 2 is 2.42 bits per heavy atom. The first kappa shape index (κ1) is 8.64. The molecule has 0 saturated carbocycles. The lowest BCUT2D eigenvalue weighted by molar-refractivity contribution is 1.14. The van der Waals surface area contributed by atoms with Crippen molar-refractivity contribution in [1.82, 2.24) is 9.97 Å². The van der Waals surface area contributed by atoms with Crippen molar-refractivity contribution in [2.24, 2.45) is 9.98 Å². The van der Waals surface area contributed by atoms with Gasteiger partial charge in [0.2, 0.25) is 0 Å². The first-order valence-corrected chi connectivity index (χ1v) is 3.83. The summed E-state index contributed by atoms with van der Waals surface area (Å²) in [6.07, 6.45) is 2.70. The van der Waals surface area contributed by atoms with E-state index >= 15 is 0 Å². The summed E-state index contributed by atoms with van der Waals surface area (Å²) in [5.74, 6) is 2.06. The third-order valence-corrected chi connectivity index (χ3v) is 1.34. The Morgan fingerprint density at radius 1 is 1.67 bits per heavy atom. The normalized spacial score (nSPS) is 10.8. The molecule has 0 radical (unpaired) electrons. The van der Waals surface area contributed by atoms with Crippen LogP contribution in [0.4, 0.5) is 11.6 Å². The van der Waals surface area contributed by atoms with Gasteiger partial charge in [0, 0.05) is 6.21 Å². The molecule has 0 spiro atoms. The zero-order chi connectivity index (χ0) is 8.97. The third kappa shape index (κ3) is 1.78. The van der Waals surface area contributed by atoms with Crippen LogP contribution >= 0.6 is 0 Å². The predicted octanol–water partition coefficient (Wildman–Crippen LogP) is 2.16. The number of hydrogen-bond donors (Lipinski definition) is 1. The van der Waals surface area contributed by atoms with Crippen LogP contribution in [0.15, 0.2) is 9.98 Å². The monoisotopic (exact) mass is 164 g/mol. The Balaban J connectivity index is 2.96. The third-order valence-electron chi connectivity index (χ3n) is 1.34. The number of hydrogen-bond acceptors (Lipinski definition) is 3. The summed E-state index contributed by atoms with van der Waals surface area (Å²) >= 11 is 0. The molecule has 4 heteroatoms. The lowest BCUT2D eigenvalue weighted by Crippen LogP contribution is -1.70. The van der Waals surface area contributed by atoms with Crippen molar-refractivity contribution >= 4 is 24.6 Å². The molecule has 0 unspecified atom stereocenters. The van der Waals surface area contributed by atoms with E-state index < -0.39 is 0 Å². The van der Waals surface area contributed by atoms with Crippen molar-refractivity contribution in [1.29, 1.82) is 0 Å². The molecular weight excluding hydrogens is 152 g/mol. The van der Waals surface area contributed by atoms with E-state index in [-0.39, 0.29) is 0 Å². The van der Waals surface area contributed by atoms with Crippen LogP contribution in [0.1, 0.15) is 19.2 Å². The highest BCUT2D eigenvalue weighted by atomic mass is 15.1. The van der Waals surface area contributed by atoms with Gasteiger partial charge >= 0.3 is 0 Å². The number of nitrogens with zero attached hydrogens (tertiary/aromatic N) is 3. The van der Waals surface area contributed by atoms with Crippen molar-refractivity contribution in [3.8, 4) is 0 Å². The molecule has 0 aromatic carbocycles. The maximum atomic E-state index is 4.14. The van der Waals surface area contributed by atoms with Gasteiger partial charge in [-0.05, 0) is 20.1 Å². The summed E-state index contributed by atoms with van der Waals surface area (Å²) in [7, 11) is 0. The van der Waals surface area contributed by atoms with Crippen molar-refractivity contribution in [3.05, 3.63) is 5.82 Å². The van der Waals surface area contributed by atoms with Gasteiger partial charge in [-0.1, -0.05) is 6.92 Å². The second kappa shape index (κ2) is 3.80. The molecule has 4 nitrogen and oxygen atoms in total. The van der Waals surface area contributed by atoms with Gasteiger partial charge in [-0.25, -0.2) is 15.0 Å². The molecule has 0 aliphatic carbocycles. The van der Waals surface area contributed by atoms with Gasteiger partial charge < -0.3 is 4.98 Å². The highest BCUT2D eigenvalue weighted by Gasteiger charge is 2.02. The second-order valence-corrected chi connectivity index (χ2v) is 2.37. The number of rotatable bonds is 3. The molecule has 0 saturated heterocycles. The largest absolute Gasteiger partial charge is 0.325 e. The minimum atomic E-state index is 0.567. The Kier molecular flexibility index (Phi) is 2.74. The van der Waals surface area contributed by atoms with E-state index in [1.807, 2.05) is 20.1 Å². The van der Waals surface area contributed by atoms with E-state index in [2.05, 4.69) is 26.7 Å². The number of aromatic nitrogens is 2. The van der Waals surface area contributed by atoms with Gasteiger partial charge in [-0.2, -0.15) is 0 Å². The number of imidazole rings is 1. The first-order chi connectivity index (χ1) is 5.77. The van der Waals surface area contributed by atoms with Gasteiger partial charge in [-0.15, -0.1) is 0 Å². The standard InChI is InChI=1S/C8H12N4/c1-4-5-10-8-7(9-3)11-6(2)12-8/h5H,3-4H2,1-2H3,(H,11,12). The fourth-order valence-corrected chi connectivity index (χ4v) is 0.850.